The molecule has 3 heteroatoms. The van der Waals surface area contributed by atoms with Gasteiger partial charge in [-0.15, -0.1) is 0 Å². The summed E-state index contributed by atoms with van der Waals surface area (Å²) in [6, 6.07) is 0. The van der Waals surface area contributed by atoms with Crippen molar-refractivity contribution < 1.29 is 8.78 Å². The first-order valence-corrected chi connectivity index (χ1v) is 4.52. The smallest absolute Gasteiger partial charge is 0.207 e. The molecule has 0 amide bonds. The van der Waals surface area contributed by atoms with Crippen molar-refractivity contribution in [1.29, 1.82) is 0 Å². The summed E-state index contributed by atoms with van der Waals surface area (Å²) in [5.41, 5.74) is 0. The van der Waals surface area contributed by atoms with Crippen LogP contribution in [0, 0.1) is 0 Å². The van der Waals surface area contributed by atoms with Crippen molar-refractivity contribution in [3.8, 4) is 0 Å². The molecule has 0 aliphatic heterocycles. The van der Waals surface area contributed by atoms with Crippen molar-refractivity contribution in [2.24, 2.45) is 0 Å². The molecule has 1 aliphatic carbocycles. The Morgan fingerprint density at radius 1 is 1.55 bits per heavy atom. The van der Waals surface area contributed by atoms with E-state index in [1.54, 1.807) is 0 Å². The second kappa shape index (κ2) is 3.55. The van der Waals surface area contributed by atoms with Crippen molar-refractivity contribution in [2.75, 3.05) is 0 Å². The number of rotatable bonds is 2. The minimum atomic E-state index is -2.35. The maximum Gasteiger partial charge on any atom is 0.247 e. The Morgan fingerprint density at radius 2 is 2.27 bits per heavy atom. The second-order valence-corrected chi connectivity index (χ2v) is 3.61. The molecule has 1 aliphatic rings. The fourth-order valence-corrected chi connectivity index (χ4v) is 1.93. The molecule has 0 aromatic rings. The fraction of sp³-hybridized carbons (Fsp3) is 1.00. The molecule has 0 bridgehead atoms. The van der Waals surface area contributed by atoms with Crippen molar-refractivity contribution in [2.45, 2.75) is 50.7 Å². The van der Waals surface area contributed by atoms with E-state index in [1.807, 2.05) is 0 Å². The van der Waals surface area contributed by atoms with E-state index >= 15 is 0 Å². The van der Waals surface area contributed by atoms with Gasteiger partial charge in [0.2, 0.25) is 5.92 Å². The SMILES string of the molecule is CCBC1CCCC(F)(F)C1. The summed E-state index contributed by atoms with van der Waals surface area (Å²) in [6.07, 6.45) is 3.04. The Labute approximate surface area is 67.6 Å². The zero-order valence-electron chi connectivity index (χ0n) is 7.08. The topological polar surface area (TPSA) is 0 Å². The Kier molecular flexibility index (Phi) is 2.91. The van der Waals surface area contributed by atoms with E-state index in [0.29, 0.717) is 5.82 Å². The van der Waals surface area contributed by atoms with Gasteiger partial charge in [0.1, 0.15) is 7.28 Å². The lowest BCUT2D eigenvalue weighted by Crippen LogP contribution is -2.25. The Morgan fingerprint density at radius 3 is 2.82 bits per heavy atom. The third kappa shape index (κ3) is 2.80. The van der Waals surface area contributed by atoms with Gasteiger partial charge < -0.3 is 0 Å². The molecule has 1 fully saturated rings. The van der Waals surface area contributed by atoms with Crippen LogP contribution in [0.5, 0.6) is 0 Å². The lowest BCUT2D eigenvalue weighted by atomic mass is 9.57. The third-order valence-corrected chi connectivity index (χ3v) is 2.44. The first-order chi connectivity index (χ1) is 5.14. The van der Waals surface area contributed by atoms with Crippen LogP contribution in [0.15, 0.2) is 0 Å². The molecule has 1 rings (SSSR count). The monoisotopic (exact) mass is 160 g/mol. The molecule has 1 saturated carbocycles. The number of hydrogen-bond donors (Lipinski definition) is 0. The average molecular weight is 160 g/mol. The van der Waals surface area contributed by atoms with E-state index in [1.165, 1.54) is 0 Å². The normalized spacial score (nSPS) is 29.9. The van der Waals surface area contributed by atoms with Gasteiger partial charge in [-0.05, 0) is 6.42 Å². The first-order valence-electron chi connectivity index (χ1n) is 4.52. The highest BCUT2D eigenvalue weighted by Crippen LogP contribution is 2.39. The molecular formula is C8H15BF2. The Balaban J connectivity index is 2.34. The molecule has 0 heterocycles. The molecule has 0 N–H and O–H groups in total. The predicted molar refractivity (Wildman–Crippen MR) is 44.8 cm³/mol. The number of alkyl halides is 2. The average Bonchev–Trinajstić information content (AvgIpc) is 1.85. The molecule has 0 saturated heterocycles. The van der Waals surface area contributed by atoms with Crippen LogP contribution in [-0.4, -0.2) is 13.2 Å². The van der Waals surface area contributed by atoms with E-state index in [4.69, 9.17) is 0 Å². The summed E-state index contributed by atoms with van der Waals surface area (Å²) in [7, 11) is 0.982. The van der Waals surface area contributed by atoms with Crippen LogP contribution in [-0.2, 0) is 0 Å². The summed E-state index contributed by atoms with van der Waals surface area (Å²) in [5, 5.41) is 0. The summed E-state index contributed by atoms with van der Waals surface area (Å²) in [4.78, 5) is 0. The zero-order valence-corrected chi connectivity index (χ0v) is 7.08. The lowest BCUT2D eigenvalue weighted by molar-refractivity contribution is -0.0335. The fourth-order valence-electron chi connectivity index (χ4n) is 1.93. The highest BCUT2D eigenvalue weighted by atomic mass is 19.3. The maximum absolute atomic E-state index is 12.8. The third-order valence-electron chi connectivity index (χ3n) is 2.44. The molecule has 0 spiro atoms. The minimum Gasteiger partial charge on any atom is -0.207 e. The van der Waals surface area contributed by atoms with Gasteiger partial charge in [0.25, 0.3) is 0 Å². The van der Waals surface area contributed by atoms with E-state index in [9.17, 15) is 8.78 Å². The van der Waals surface area contributed by atoms with Crippen molar-refractivity contribution in [3.05, 3.63) is 0 Å². The molecule has 64 valence electrons. The number of hydrogen-bond acceptors (Lipinski definition) is 0. The Hall–Kier alpha value is -0.0751. The Bertz CT molecular complexity index is 123. The van der Waals surface area contributed by atoms with Gasteiger partial charge in [0.15, 0.2) is 0 Å². The lowest BCUT2D eigenvalue weighted by Gasteiger charge is -2.28. The second-order valence-electron chi connectivity index (χ2n) is 3.61. The predicted octanol–water partition coefficient (Wildman–Crippen LogP) is 2.86. The quantitative estimate of drug-likeness (QED) is 0.544. The molecule has 1 unspecified atom stereocenters. The maximum atomic E-state index is 12.8. The van der Waals surface area contributed by atoms with E-state index in [2.05, 4.69) is 6.92 Å². The van der Waals surface area contributed by atoms with Crippen molar-refractivity contribution >= 4 is 7.28 Å². The summed E-state index contributed by atoms with van der Waals surface area (Å²) < 4.78 is 25.6. The highest BCUT2D eigenvalue weighted by Gasteiger charge is 2.35. The van der Waals surface area contributed by atoms with Gasteiger partial charge in [-0.3, -0.25) is 0 Å². The van der Waals surface area contributed by atoms with E-state index in [-0.39, 0.29) is 12.8 Å². The van der Waals surface area contributed by atoms with Gasteiger partial charge in [-0.2, -0.15) is 0 Å². The van der Waals surface area contributed by atoms with Gasteiger partial charge >= 0.3 is 0 Å². The molecule has 0 nitrogen and oxygen atoms in total. The zero-order chi connectivity index (χ0) is 8.32. The van der Waals surface area contributed by atoms with Crippen LogP contribution in [0.2, 0.25) is 12.1 Å². The highest BCUT2D eigenvalue weighted by molar-refractivity contribution is 6.37. The van der Waals surface area contributed by atoms with E-state index in [0.717, 1.165) is 26.4 Å². The molecule has 0 aromatic carbocycles. The van der Waals surface area contributed by atoms with Crippen molar-refractivity contribution in [3.63, 3.8) is 0 Å². The van der Waals surface area contributed by atoms with Crippen molar-refractivity contribution in [1.82, 2.24) is 0 Å². The standard InChI is InChI=1S/C8H15BF2/c1-2-9-7-4-3-5-8(10,11)6-7/h7,9H,2-6H2,1H3. The number of halogens is 2. The minimum absolute atomic E-state index is 0.118. The molecule has 1 atom stereocenters. The molecule has 11 heavy (non-hydrogen) atoms. The first kappa shape index (κ1) is 9.02. The molecule has 0 aromatic heterocycles. The van der Waals surface area contributed by atoms with Gasteiger partial charge in [-0.25, -0.2) is 8.78 Å². The van der Waals surface area contributed by atoms with Crippen LogP contribution in [0.4, 0.5) is 8.78 Å². The van der Waals surface area contributed by atoms with Crippen LogP contribution in [0.3, 0.4) is 0 Å². The largest absolute Gasteiger partial charge is 0.247 e. The molecular weight excluding hydrogens is 145 g/mol. The van der Waals surface area contributed by atoms with Crippen LogP contribution in [0.1, 0.15) is 32.6 Å². The molecule has 0 radical (unpaired) electrons. The summed E-state index contributed by atoms with van der Waals surface area (Å²) in [6.45, 7) is 2.06. The van der Waals surface area contributed by atoms with Gasteiger partial charge in [0.05, 0.1) is 0 Å². The van der Waals surface area contributed by atoms with Crippen LogP contribution >= 0.6 is 0 Å². The summed E-state index contributed by atoms with van der Waals surface area (Å²) in [5.74, 6) is -2.05. The summed E-state index contributed by atoms with van der Waals surface area (Å²) >= 11 is 0. The van der Waals surface area contributed by atoms with Gasteiger partial charge in [-0.1, -0.05) is 25.5 Å². The van der Waals surface area contributed by atoms with Crippen LogP contribution in [0.25, 0.3) is 0 Å². The van der Waals surface area contributed by atoms with Crippen LogP contribution < -0.4 is 0 Å². The van der Waals surface area contributed by atoms with Gasteiger partial charge in [0, 0.05) is 12.8 Å². The van der Waals surface area contributed by atoms with E-state index < -0.39 is 5.92 Å².